The van der Waals surface area contributed by atoms with Gasteiger partial charge in [-0.2, -0.15) is 0 Å². The first kappa shape index (κ1) is 27.3. The van der Waals surface area contributed by atoms with E-state index in [1.54, 1.807) is 12.1 Å². The van der Waals surface area contributed by atoms with Gasteiger partial charge in [0.15, 0.2) is 8.32 Å². The number of aryl methyl sites for hydroxylation is 2. The second-order valence-corrected chi connectivity index (χ2v) is 16.5. The number of benzene rings is 2. The van der Waals surface area contributed by atoms with Crippen LogP contribution in [0.3, 0.4) is 0 Å². The Kier molecular flexibility index (Phi) is 8.75. The molecule has 0 aliphatic carbocycles. The van der Waals surface area contributed by atoms with Crippen molar-refractivity contribution in [1.82, 2.24) is 0 Å². The van der Waals surface area contributed by atoms with Crippen molar-refractivity contribution < 1.29 is 14.3 Å². The average molecular weight is 469 g/mol. The van der Waals surface area contributed by atoms with E-state index in [9.17, 15) is 9.90 Å². The lowest BCUT2D eigenvalue weighted by Crippen LogP contribution is -2.42. The Hall–Kier alpha value is -1.91. The smallest absolute Gasteiger partial charge is 0.335 e. The van der Waals surface area contributed by atoms with Crippen LogP contribution >= 0.6 is 0 Å². The van der Waals surface area contributed by atoms with E-state index in [1.165, 1.54) is 16.7 Å². The summed E-state index contributed by atoms with van der Waals surface area (Å²) in [6, 6.07) is 14.2. The van der Waals surface area contributed by atoms with Crippen molar-refractivity contribution in [1.29, 1.82) is 0 Å². The molecule has 1 N–H and O–H groups in total. The predicted molar refractivity (Wildman–Crippen MR) is 142 cm³/mol. The number of carboxylic acids is 1. The Labute approximate surface area is 202 Å². The molecule has 0 aliphatic rings. The summed E-state index contributed by atoms with van der Waals surface area (Å²) in [5.74, 6) is -0.872. The fourth-order valence-electron chi connectivity index (χ4n) is 4.08. The van der Waals surface area contributed by atoms with Crippen molar-refractivity contribution in [2.75, 3.05) is 0 Å². The van der Waals surface area contributed by atoms with Gasteiger partial charge in [0.25, 0.3) is 0 Å². The van der Waals surface area contributed by atoms with E-state index >= 15 is 0 Å². The number of hydrogen-bond donors (Lipinski definition) is 1. The molecule has 4 heteroatoms. The second-order valence-electron chi connectivity index (χ2n) is 11.8. The normalized spacial score (nSPS) is 13.7. The third-order valence-corrected chi connectivity index (χ3v) is 11.8. The standard InChI is InChI=1S/C29H44O3Si/c1-10-23-19-24(15-14-21(23)2)26(32-33(8,9)28(3,4)5)16-17-29(6,7)20-22-12-11-13-25(18-22)27(30)31/h11-15,18-19,26H,10,16-17,20H2,1-9H3,(H,30,31)/t26-/m0/s1. The number of carbonyl (C=O) groups is 1. The molecule has 0 aliphatic heterocycles. The summed E-state index contributed by atoms with van der Waals surface area (Å²) in [5.41, 5.74) is 5.47. The van der Waals surface area contributed by atoms with Crippen molar-refractivity contribution in [3.63, 3.8) is 0 Å². The largest absolute Gasteiger partial charge is 0.478 e. The molecule has 33 heavy (non-hydrogen) atoms. The van der Waals surface area contributed by atoms with E-state index in [0.29, 0.717) is 5.56 Å². The Bertz CT molecular complexity index is 954. The fourth-order valence-corrected chi connectivity index (χ4v) is 5.39. The van der Waals surface area contributed by atoms with Crippen LogP contribution in [0.2, 0.25) is 18.1 Å². The van der Waals surface area contributed by atoms with Crippen molar-refractivity contribution in [2.45, 2.75) is 98.4 Å². The van der Waals surface area contributed by atoms with Crippen LogP contribution in [-0.4, -0.2) is 19.4 Å². The van der Waals surface area contributed by atoms with Crippen molar-refractivity contribution in [3.05, 3.63) is 70.3 Å². The van der Waals surface area contributed by atoms with Gasteiger partial charge in [-0.05, 0) is 90.5 Å². The lowest BCUT2D eigenvalue weighted by Gasteiger charge is -2.40. The maximum absolute atomic E-state index is 11.4. The molecule has 2 aromatic rings. The maximum atomic E-state index is 11.4. The highest BCUT2D eigenvalue weighted by atomic mass is 28.4. The summed E-state index contributed by atoms with van der Waals surface area (Å²) in [6.07, 6.45) is 3.89. The molecule has 2 aromatic carbocycles. The van der Waals surface area contributed by atoms with Crippen LogP contribution in [0.15, 0.2) is 42.5 Å². The third-order valence-electron chi connectivity index (χ3n) is 7.31. The minimum Gasteiger partial charge on any atom is -0.478 e. The Morgan fingerprint density at radius 3 is 2.30 bits per heavy atom. The molecule has 0 amide bonds. The molecule has 182 valence electrons. The van der Waals surface area contributed by atoms with Crippen LogP contribution < -0.4 is 0 Å². The van der Waals surface area contributed by atoms with Gasteiger partial charge >= 0.3 is 5.97 Å². The molecule has 0 bridgehead atoms. The van der Waals surface area contributed by atoms with Crippen LogP contribution in [0.4, 0.5) is 0 Å². The zero-order valence-electron chi connectivity index (χ0n) is 22.2. The van der Waals surface area contributed by atoms with Gasteiger partial charge in [0.1, 0.15) is 0 Å². The molecular weight excluding hydrogens is 424 g/mol. The van der Waals surface area contributed by atoms with Crippen molar-refractivity contribution in [2.24, 2.45) is 5.41 Å². The van der Waals surface area contributed by atoms with Gasteiger partial charge in [0, 0.05) is 0 Å². The monoisotopic (exact) mass is 468 g/mol. The minimum absolute atomic E-state index is 0.0322. The van der Waals surface area contributed by atoms with E-state index in [1.807, 2.05) is 12.1 Å². The van der Waals surface area contributed by atoms with Gasteiger partial charge in [-0.25, -0.2) is 4.79 Å². The van der Waals surface area contributed by atoms with Crippen LogP contribution in [0.25, 0.3) is 0 Å². The number of rotatable bonds is 10. The van der Waals surface area contributed by atoms with Gasteiger partial charge in [-0.15, -0.1) is 0 Å². The molecule has 0 saturated carbocycles. The van der Waals surface area contributed by atoms with Gasteiger partial charge in [0.2, 0.25) is 0 Å². The highest BCUT2D eigenvalue weighted by Crippen LogP contribution is 2.42. The summed E-state index contributed by atoms with van der Waals surface area (Å²) < 4.78 is 6.99. The minimum atomic E-state index is -1.95. The maximum Gasteiger partial charge on any atom is 0.335 e. The first-order valence-corrected chi connectivity index (χ1v) is 15.2. The van der Waals surface area contributed by atoms with Gasteiger partial charge < -0.3 is 9.53 Å². The summed E-state index contributed by atoms with van der Waals surface area (Å²) in [5, 5.41) is 9.48. The molecule has 3 nitrogen and oxygen atoms in total. The highest BCUT2D eigenvalue weighted by molar-refractivity contribution is 6.74. The van der Waals surface area contributed by atoms with E-state index in [2.05, 4.69) is 79.8 Å². The van der Waals surface area contributed by atoms with E-state index in [-0.39, 0.29) is 16.6 Å². The van der Waals surface area contributed by atoms with Crippen molar-refractivity contribution >= 4 is 14.3 Å². The Morgan fingerprint density at radius 1 is 1.06 bits per heavy atom. The SMILES string of the molecule is CCc1cc([C@H](CCC(C)(C)Cc2cccc(C(=O)O)c2)O[Si](C)(C)C(C)(C)C)ccc1C. The Balaban J connectivity index is 2.26. The number of carboxylic acid groups (broad SMARTS) is 1. The molecule has 0 radical (unpaired) electrons. The lowest BCUT2D eigenvalue weighted by molar-refractivity contribution is 0.0696. The molecule has 0 unspecified atom stereocenters. The average Bonchev–Trinajstić information content (AvgIpc) is 2.70. The molecule has 1 atom stereocenters. The fraction of sp³-hybridized carbons (Fsp3) is 0.552. The van der Waals surface area contributed by atoms with Crippen LogP contribution in [0.5, 0.6) is 0 Å². The summed E-state index contributed by atoms with van der Waals surface area (Å²) in [6.45, 7) is 20.5. The van der Waals surface area contributed by atoms with Crippen LogP contribution in [0, 0.1) is 12.3 Å². The summed E-state index contributed by atoms with van der Waals surface area (Å²) >= 11 is 0. The van der Waals surface area contributed by atoms with Crippen LogP contribution in [-0.2, 0) is 17.3 Å². The zero-order valence-corrected chi connectivity index (χ0v) is 23.2. The highest BCUT2D eigenvalue weighted by Gasteiger charge is 2.39. The molecule has 0 heterocycles. The molecule has 0 saturated heterocycles. The molecule has 0 fully saturated rings. The zero-order chi connectivity index (χ0) is 25.0. The van der Waals surface area contributed by atoms with Gasteiger partial charge in [-0.1, -0.05) is 71.9 Å². The third kappa shape index (κ3) is 7.55. The van der Waals surface area contributed by atoms with Crippen LogP contribution in [0.1, 0.15) is 93.1 Å². The van der Waals surface area contributed by atoms with E-state index < -0.39 is 14.3 Å². The van der Waals surface area contributed by atoms with Crippen molar-refractivity contribution in [3.8, 4) is 0 Å². The molecule has 2 rings (SSSR count). The molecule has 0 spiro atoms. The van der Waals surface area contributed by atoms with E-state index in [4.69, 9.17) is 4.43 Å². The second kappa shape index (κ2) is 10.6. The van der Waals surface area contributed by atoms with Gasteiger partial charge in [-0.3, -0.25) is 0 Å². The quantitative estimate of drug-likeness (QED) is 0.356. The summed E-state index contributed by atoms with van der Waals surface area (Å²) in [4.78, 5) is 11.4. The first-order chi connectivity index (χ1) is 15.1. The number of hydrogen-bond acceptors (Lipinski definition) is 2. The van der Waals surface area contributed by atoms with Gasteiger partial charge in [0.05, 0.1) is 11.7 Å². The topological polar surface area (TPSA) is 46.5 Å². The number of aromatic carboxylic acids is 1. The van der Waals surface area contributed by atoms with E-state index in [0.717, 1.165) is 31.2 Å². The first-order valence-electron chi connectivity index (χ1n) is 12.2. The molecular formula is C29H44O3Si. The lowest BCUT2D eigenvalue weighted by atomic mass is 9.80. The predicted octanol–water partition coefficient (Wildman–Crippen LogP) is 8.37. The summed E-state index contributed by atoms with van der Waals surface area (Å²) in [7, 11) is -1.95. The molecule has 0 aromatic heterocycles. The Morgan fingerprint density at radius 2 is 1.73 bits per heavy atom.